The van der Waals surface area contributed by atoms with Crippen molar-refractivity contribution in [3.63, 3.8) is 0 Å². The lowest BCUT2D eigenvalue weighted by molar-refractivity contribution is -0.200. The molecule has 0 aromatic heterocycles. The molecule has 5 unspecified atom stereocenters. The minimum absolute atomic E-state index is 0.0271. The van der Waals surface area contributed by atoms with E-state index < -0.39 is 16.4 Å². The zero-order valence-electron chi connectivity index (χ0n) is 12.0. The van der Waals surface area contributed by atoms with Crippen LogP contribution in [0.15, 0.2) is 0 Å². The first-order valence-electron chi connectivity index (χ1n) is 7.69. The maximum absolute atomic E-state index is 12.4. The van der Waals surface area contributed by atoms with E-state index in [1.54, 1.807) is 18.9 Å². The van der Waals surface area contributed by atoms with Crippen LogP contribution in [0.3, 0.4) is 0 Å². The summed E-state index contributed by atoms with van der Waals surface area (Å²) in [7, 11) is -2.73. The number of amides is 1. The SMILES string of the molecule is CC1(C)C(=O)N(C2CCC3CC4CC2CC34)N1[SH](=O)=O. The summed E-state index contributed by atoms with van der Waals surface area (Å²) in [4.78, 5) is 12.4. The molecule has 1 heterocycles. The third-order valence-corrected chi connectivity index (χ3v) is 7.28. The van der Waals surface area contributed by atoms with Gasteiger partial charge in [0.15, 0.2) is 0 Å². The van der Waals surface area contributed by atoms with Gasteiger partial charge in [0.2, 0.25) is 10.9 Å². The lowest BCUT2D eigenvalue weighted by atomic mass is 9.64. The predicted octanol–water partition coefficient (Wildman–Crippen LogP) is 1.18. The molecule has 20 heavy (non-hydrogen) atoms. The van der Waals surface area contributed by atoms with Gasteiger partial charge in [-0.2, -0.15) is 0 Å². The summed E-state index contributed by atoms with van der Waals surface area (Å²) in [6.07, 6.45) is 5.90. The molecule has 1 amide bonds. The highest BCUT2D eigenvalue weighted by Gasteiger charge is 2.61. The van der Waals surface area contributed by atoms with Crippen LogP contribution < -0.4 is 0 Å². The average Bonchev–Trinajstić information content (AvgIpc) is 2.58. The molecule has 1 aliphatic heterocycles. The summed E-state index contributed by atoms with van der Waals surface area (Å²) in [6, 6.07) is 0.112. The molecule has 3 aliphatic carbocycles. The minimum Gasteiger partial charge on any atom is -0.271 e. The second-order valence-electron chi connectivity index (χ2n) is 7.53. The van der Waals surface area contributed by atoms with Gasteiger partial charge in [0.05, 0.1) is 6.04 Å². The maximum atomic E-state index is 12.4. The van der Waals surface area contributed by atoms with Crippen LogP contribution in [0.5, 0.6) is 0 Å². The monoisotopic (exact) mass is 298 g/mol. The van der Waals surface area contributed by atoms with Gasteiger partial charge in [-0.3, -0.25) is 9.80 Å². The van der Waals surface area contributed by atoms with E-state index in [1.165, 1.54) is 23.7 Å². The Kier molecular flexibility index (Phi) is 2.60. The Morgan fingerprint density at radius 3 is 2.45 bits per heavy atom. The normalized spacial score (nSPS) is 46.0. The molecule has 0 N–H and O–H groups in total. The first-order valence-corrected chi connectivity index (χ1v) is 8.82. The molecule has 112 valence electrons. The van der Waals surface area contributed by atoms with Crippen LogP contribution in [0.2, 0.25) is 0 Å². The van der Waals surface area contributed by atoms with Crippen LogP contribution in [0.4, 0.5) is 0 Å². The van der Waals surface area contributed by atoms with Gasteiger partial charge in [0, 0.05) is 0 Å². The topological polar surface area (TPSA) is 57.7 Å². The number of hydrogen-bond acceptors (Lipinski definition) is 3. The van der Waals surface area contributed by atoms with E-state index in [9.17, 15) is 13.2 Å². The molecule has 0 spiro atoms. The van der Waals surface area contributed by atoms with Crippen molar-refractivity contribution in [3.8, 4) is 0 Å². The molecular formula is C14H22N2O3S. The van der Waals surface area contributed by atoms with Crippen molar-refractivity contribution in [2.75, 3.05) is 0 Å². The number of hydrazine groups is 1. The summed E-state index contributed by atoms with van der Waals surface area (Å²) in [5, 5.41) is 1.57. The van der Waals surface area contributed by atoms with E-state index in [4.69, 9.17) is 0 Å². The van der Waals surface area contributed by atoms with Crippen LogP contribution in [-0.4, -0.2) is 35.3 Å². The molecule has 0 aromatic carbocycles. The average molecular weight is 298 g/mol. The zero-order valence-corrected chi connectivity index (χ0v) is 12.9. The third kappa shape index (κ3) is 1.47. The first-order chi connectivity index (χ1) is 9.41. The van der Waals surface area contributed by atoms with Crippen molar-refractivity contribution in [3.05, 3.63) is 0 Å². The van der Waals surface area contributed by atoms with Gasteiger partial charge >= 0.3 is 0 Å². The second kappa shape index (κ2) is 3.97. The molecule has 0 radical (unpaired) electrons. The Labute approximate surface area is 121 Å². The van der Waals surface area contributed by atoms with Crippen LogP contribution in [-0.2, 0) is 15.7 Å². The van der Waals surface area contributed by atoms with Crippen LogP contribution in [0.1, 0.15) is 46.0 Å². The van der Waals surface area contributed by atoms with E-state index in [0.717, 1.165) is 30.6 Å². The second-order valence-corrected chi connectivity index (χ2v) is 8.39. The Morgan fingerprint density at radius 2 is 1.75 bits per heavy atom. The fourth-order valence-corrected chi connectivity index (χ4v) is 6.12. The fraction of sp³-hybridized carbons (Fsp3) is 0.929. The molecule has 1 saturated heterocycles. The molecule has 4 rings (SSSR count). The third-order valence-electron chi connectivity index (χ3n) is 6.28. The summed E-state index contributed by atoms with van der Waals surface area (Å²) in [6.45, 7) is 3.39. The van der Waals surface area contributed by atoms with Crippen molar-refractivity contribution in [2.45, 2.75) is 57.5 Å². The summed E-state index contributed by atoms with van der Waals surface area (Å²) in [5.41, 5.74) is -0.886. The van der Waals surface area contributed by atoms with Gasteiger partial charge in [-0.05, 0) is 69.6 Å². The molecule has 4 aliphatic rings. The van der Waals surface area contributed by atoms with Crippen molar-refractivity contribution < 1.29 is 13.2 Å². The van der Waals surface area contributed by atoms with Gasteiger partial charge in [0.1, 0.15) is 5.54 Å². The lowest BCUT2D eigenvalue weighted by Crippen LogP contribution is -2.76. The molecule has 5 nitrogen and oxygen atoms in total. The van der Waals surface area contributed by atoms with E-state index in [2.05, 4.69) is 0 Å². The van der Waals surface area contributed by atoms with Gasteiger partial charge in [0.25, 0.3) is 5.91 Å². The summed E-state index contributed by atoms with van der Waals surface area (Å²) >= 11 is 0. The number of nitrogens with zero attached hydrogens (tertiary/aromatic N) is 2. The van der Waals surface area contributed by atoms with Crippen LogP contribution >= 0.6 is 0 Å². The van der Waals surface area contributed by atoms with E-state index in [1.807, 2.05) is 0 Å². The van der Waals surface area contributed by atoms with Gasteiger partial charge in [-0.1, -0.05) is 4.41 Å². The molecule has 4 fully saturated rings. The molecule has 0 aromatic rings. The van der Waals surface area contributed by atoms with Gasteiger partial charge < -0.3 is 0 Å². The Morgan fingerprint density at radius 1 is 1.05 bits per heavy atom. The zero-order chi connectivity index (χ0) is 14.2. The van der Waals surface area contributed by atoms with Gasteiger partial charge in [-0.15, -0.1) is 0 Å². The van der Waals surface area contributed by atoms with Crippen LogP contribution in [0.25, 0.3) is 0 Å². The highest BCUT2D eigenvalue weighted by atomic mass is 32.2. The highest BCUT2D eigenvalue weighted by molar-refractivity contribution is 7.70. The smallest absolute Gasteiger partial charge is 0.261 e. The Hall–Kier alpha value is -0.620. The number of carbonyl (C=O) groups is 1. The van der Waals surface area contributed by atoms with Crippen molar-refractivity contribution in [1.29, 1.82) is 0 Å². The molecular weight excluding hydrogens is 276 g/mol. The number of thiol groups is 1. The molecule has 5 atom stereocenters. The highest BCUT2D eigenvalue weighted by Crippen LogP contribution is 2.59. The maximum Gasteiger partial charge on any atom is 0.261 e. The quantitative estimate of drug-likeness (QED) is 0.779. The van der Waals surface area contributed by atoms with Crippen molar-refractivity contribution in [1.82, 2.24) is 9.42 Å². The number of fused-ring (bicyclic) bond motifs is 1. The number of carbonyl (C=O) groups excluding carboxylic acids is 1. The molecule has 3 saturated carbocycles. The van der Waals surface area contributed by atoms with Gasteiger partial charge in [-0.25, -0.2) is 8.42 Å². The number of hydrogen-bond donors (Lipinski definition) is 1. The predicted molar refractivity (Wildman–Crippen MR) is 73.9 cm³/mol. The Balaban J connectivity index is 1.62. The largest absolute Gasteiger partial charge is 0.271 e. The molecule has 2 bridgehead atoms. The molecule has 6 heteroatoms. The number of rotatable bonds is 2. The first kappa shape index (κ1) is 13.1. The summed E-state index contributed by atoms with van der Waals surface area (Å²) < 4.78 is 24.4. The standard InChI is InChI=1S/C14H22N2O3S/c1-14(2)13(17)15(16(14)20(18)19)12-4-3-8-5-9-6-10(12)7-11(8)9/h8-12,20H,3-7H2,1-2H3. The summed E-state index contributed by atoms with van der Waals surface area (Å²) in [5.74, 6) is 3.04. The van der Waals surface area contributed by atoms with Crippen molar-refractivity contribution >= 4 is 16.8 Å². The minimum atomic E-state index is -2.73. The van der Waals surface area contributed by atoms with E-state index in [-0.39, 0.29) is 11.9 Å². The van der Waals surface area contributed by atoms with Crippen LogP contribution in [0, 0.1) is 23.7 Å². The Bertz CT molecular complexity index is 537. The van der Waals surface area contributed by atoms with E-state index >= 15 is 0 Å². The fourth-order valence-electron chi connectivity index (χ4n) is 5.26. The van der Waals surface area contributed by atoms with Crippen molar-refractivity contribution in [2.24, 2.45) is 23.7 Å². The lowest BCUT2D eigenvalue weighted by Gasteiger charge is -2.56. The van der Waals surface area contributed by atoms with E-state index in [0.29, 0.717) is 5.92 Å².